The Hall–Kier alpha value is -2.43. The van der Waals surface area contributed by atoms with Crippen molar-refractivity contribution < 1.29 is 4.79 Å². The zero-order valence-corrected chi connectivity index (χ0v) is 12.6. The Morgan fingerprint density at radius 1 is 1.19 bits per heavy atom. The first-order chi connectivity index (χ1) is 10.0. The third-order valence-electron chi connectivity index (χ3n) is 2.86. The fourth-order valence-electron chi connectivity index (χ4n) is 1.85. The molecule has 110 valence electrons. The van der Waals surface area contributed by atoms with Gasteiger partial charge in [0.2, 0.25) is 5.91 Å². The SMILES string of the molecule is CC(=O)Nc1ccc(-c2cc(NCC(C)C)ncn2)cc1. The lowest BCUT2D eigenvalue weighted by Gasteiger charge is -2.09. The van der Waals surface area contributed by atoms with E-state index >= 15 is 0 Å². The Bertz CT molecular complexity index is 608. The largest absolute Gasteiger partial charge is 0.370 e. The second-order valence-corrected chi connectivity index (χ2v) is 5.32. The second kappa shape index (κ2) is 6.83. The van der Waals surface area contributed by atoms with Gasteiger partial charge >= 0.3 is 0 Å². The summed E-state index contributed by atoms with van der Waals surface area (Å²) in [4.78, 5) is 19.5. The zero-order chi connectivity index (χ0) is 15.2. The van der Waals surface area contributed by atoms with Gasteiger partial charge in [-0.05, 0) is 18.1 Å². The van der Waals surface area contributed by atoms with E-state index < -0.39 is 0 Å². The van der Waals surface area contributed by atoms with Gasteiger partial charge in [-0.15, -0.1) is 0 Å². The summed E-state index contributed by atoms with van der Waals surface area (Å²) in [6.07, 6.45) is 1.56. The molecule has 1 amide bonds. The van der Waals surface area contributed by atoms with E-state index in [1.54, 1.807) is 6.33 Å². The van der Waals surface area contributed by atoms with Crippen LogP contribution >= 0.6 is 0 Å². The molecule has 1 heterocycles. The molecule has 0 unspecified atom stereocenters. The Kier molecular flexibility index (Phi) is 4.87. The van der Waals surface area contributed by atoms with E-state index in [9.17, 15) is 4.79 Å². The predicted octanol–water partition coefficient (Wildman–Crippen LogP) is 3.17. The van der Waals surface area contributed by atoms with E-state index in [2.05, 4.69) is 34.4 Å². The molecule has 2 rings (SSSR count). The molecule has 0 aliphatic rings. The summed E-state index contributed by atoms with van der Waals surface area (Å²) in [5, 5.41) is 6.03. The molecular weight excluding hydrogens is 264 g/mol. The number of nitrogens with zero attached hydrogens (tertiary/aromatic N) is 2. The van der Waals surface area contributed by atoms with E-state index in [-0.39, 0.29) is 5.91 Å². The highest BCUT2D eigenvalue weighted by atomic mass is 16.1. The van der Waals surface area contributed by atoms with Crippen molar-refractivity contribution in [3.05, 3.63) is 36.7 Å². The maximum Gasteiger partial charge on any atom is 0.221 e. The van der Waals surface area contributed by atoms with Gasteiger partial charge in [0.1, 0.15) is 12.1 Å². The third-order valence-corrected chi connectivity index (χ3v) is 2.86. The minimum Gasteiger partial charge on any atom is -0.370 e. The summed E-state index contributed by atoms with van der Waals surface area (Å²) in [6, 6.07) is 9.51. The van der Waals surface area contributed by atoms with E-state index in [0.29, 0.717) is 5.92 Å². The number of carbonyl (C=O) groups excluding carboxylic acids is 1. The zero-order valence-electron chi connectivity index (χ0n) is 12.6. The monoisotopic (exact) mass is 284 g/mol. The van der Waals surface area contributed by atoms with E-state index in [4.69, 9.17) is 0 Å². The maximum absolute atomic E-state index is 11.0. The quantitative estimate of drug-likeness (QED) is 0.885. The minimum absolute atomic E-state index is 0.0787. The van der Waals surface area contributed by atoms with Crippen molar-refractivity contribution in [3.8, 4) is 11.3 Å². The van der Waals surface area contributed by atoms with Crippen LogP contribution in [0.15, 0.2) is 36.7 Å². The number of hydrogen-bond donors (Lipinski definition) is 2. The molecule has 0 bridgehead atoms. The molecule has 0 saturated carbocycles. The van der Waals surface area contributed by atoms with Crippen LogP contribution in [0.1, 0.15) is 20.8 Å². The van der Waals surface area contributed by atoms with Crippen LogP contribution in [0.4, 0.5) is 11.5 Å². The molecular formula is C16H20N4O. The van der Waals surface area contributed by atoms with Crippen LogP contribution in [0.5, 0.6) is 0 Å². The van der Waals surface area contributed by atoms with E-state index in [1.165, 1.54) is 6.92 Å². The van der Waals surface area contributed by atoms with Gasteiger partial charge in [-0.2, -0.15) is 0 Å². The minimum atomic E-state index is -0.0787. The van der Waals surface area contributed by atoms with Crippen LogP contribution in [0.25, 0.3) is 11.3 Å². The lowest BCUT2D eigenvalue weighted by molar-refractivity contribution is -0.114. The molecule has 0 aliphatic carbocycles. The molecule has 5 heteroatoms. The van der Waals surface area contributed by atoms with Crippen LogP contribution in [-0.2, 0) is 4.79 Å². The molecule has 1 aromatic heterocycles. The number of nitrogens with one attached hydrogen (secondary N) is 2. The number of carbonyl (C=O) groups is 1. The molecule has 5 nitrogen and oxygen atoms in total. The number of rotatable bonds is 5. The topological polar surface area (TPSA) is 66.9 Å². The Morgan fingerprint density at radius 2 is 1.90 bits per heavy atom. The van der Waals surface area contributed by atoms with Gasteiger partial charge in [0.15, 0.2) is 0 Å². The van der Waals surface area contributed by atoms with Crippen LogP contribution < -0.4 is 10.6 Å². The van der Waals surface area contributed by atoms with Gasteiger partial charge in [-0.25, -0.2) is 9.97 Å². The number of hydrogen-bond acceptors (Lipinski definition) is 4. The number of aromatic nitrogens is 2. The molecule has 2 N–H and O–H groups in total. The normalized spacial score (nSPS) is 10.5. The molecule has 1 aromatic carbocycles. The highest BCUT2D eigenvalue weighted by Gasteiger charge is 2.03. The molecule has 0 aliphatic heterocycles. The van der Waals surface area contributed by atoms with Crippen molar-refractivity contribution in [2.24, 2.45) is 5.92 Å². The molecule has 2 aromatic rings. The predicted molar refractivity (Wildman–Crippen MR) is 85.1 cm³/mol. The first-order valence-corrected chi connectivity index (χ1v) is 6.98. The fourth-order valence-corrected chi connectivity index (χ4v) is 1.85. The van der Waals surface area contributed by atoms with Gasteiger partial charge in [0.05, 0.1) is 5.69 Å². The maximum atomic E-state index is 11.0. The standard InChI is InChI=1S/C16H20N4O/c1-11(2)9-17-16-8-15(18-10-19-16)13-4-6-14(7-5-13)20-12(3)21/h4-8,10-11H,9H2,1-3H3,(H,20,21)(H,17,18,19). The van der Waals surface area contributed by atoms with Crippen LogP contribution in [0.3, 0.4) is 0 Å². The number of anilines is 2. The first kappa shape index (κ1) is 15.0. The summed E-state index contributed by atoms with van der Waals surface area (Å²) < 4.78 is 0. The molecule has 0 spiro atoms. The molecule has 0 fully saturated rings. The van der Waals surface area contributed by atoms with E-state index in [0.717, 1.165) is 29.3 Å². The third kappa shape index (κ3) is 4.56. The first-order valence-electron chi connectivity index (χ1n) is 6.98. The Labute approximate surface area is 124 Å². The smallest absolute Gasteiger partial charge is 0.221 e. The van der Waals surface area contributed by atoms with Gasteiger partial charge in [-0.1, -0.05) is 26.0 Å². The Morgan fingerprint density at radius 3 is 2.52 bits per heavy atom. The second-order valence-electron chi connectivity index (χ2n) is 5.32. The van der Waals surface area contributed by atoms with Crippen molar-refractivity contribution in [1.82, 2.24) is 9.97 Å². The van der Waals surface area contributed by atoms with E-state index in [1.807, 2.05) is 30.3 Å². The summed E-state index contributed by atoms with van der Waals surface area (Å²) in [6.45, 7) is 6.66. The molecule has 0 atom stereocenters. The lowest BCUT2D eigenvalue weighted by atomic mass is 10.1. The van der Waals surface area contributed by atoms with Crippen molar-refractivity contribution in [3.63, 3.8) is 0 Å². The number of benzene rings is 1. The highest BCUT2D eigenvalue weighted by molar-refractivity contribution is 5.88. The van der Waals surface area contributed by atoms with Gasteiger partial charge < -0.3 is 10.6 Å². The van der Waals surface area contributed by atoms with Gasteiger partial charge in [-0.3, -0.25) is 4.79 Å². The van der Waals surface area contributed by atoms with Crippen LogP contribution in [-0.4, -0.2) is 22.4 Å². The number of amides is 1. The summed E-state index contributed by atoms with van der Waals surface area (Å²) in [5.41, 5.74) is 2.61. The average molecular weight is 284 g/mol. The molecule has 0 radical (unpaired) electrons. The summed E-state index contributed by atoms with van der Waals surface area (Å²) in [5.74, 6) is 1.30. The van der Waals surface area contributed by atoms with Crippen LogP contribution in [0, 0.1) is 5.92 Å². The highest BCUT2D eigenvalue weighted by Crippen LogP contribution is 2.21. The lowest BCUT2D eigenvalue weighted by Crippen LogP contribution is -2.09. The van der Waals surface area contributed by atoms with Crippen LogP contribution in [0.2, 0.25) is 0 Å². The summed E-state index contributed by atoms with van der Waals surface area (Å²) in [7, 11) is 0. The molecule has 21 heavy (non-hydrogen) atoms. The fraction of sp³-hybridized carbons (Fsp3) is 0.312. The Balaban J connectivity index is 2.14. The van der Waals surface area contributed by atoms with Gasteiger partial charge in [0, 0.05) is 30.8 Å². The van der Waals surface area contributed by atoms with Gasteiger partial charge in [0.25, 0.3) is 0 Å². The summed E-state index contributed by atoms with van der Waals surface area (Å²) >= 11 is 0. The van der Waals surface area contributed by atoms with Crippen molar-refractivity contribution in [2.45, 2.75) is 20.8 Å². The average Bonchev–Trinajstić information content (AvgIpc) is 2.45. The van der Waals surface area contributed by atoms with Crippen molar-refractivity contribution >= 4 is 17.4 Å². The van der Waals surface area contributed by atoms with Crippen molar-refractivity contribution in [2.75, 3.05) is 17.2 Å². The van der Waals surface area contributed by atoms with Crippen molar-refractivity contribution in [1.29, 1.82) is 0 Å². The molecule has 0 saturated heterocycles.